The molecule has 1 aliphatic rings. The van der Waals surface area contributed by atoms with Crippen molar-refractivity contribution >= 4 is 11.6 Å². The van der Waals surface area contributed by atoms with E-state index in [9.17, 15) is 9.90 Å². The largest absolute Gasteiger partial charge is 0.508 e. The normalized spacial score (nSPS) is 15.5. The summed E-state index contributed by atoms with van der Waals surface area (Å²) in [7, 11) is 0. The Labute approximate surface area is 131 Å². The van der Waals surface area contributed by atoms with Crippen molar-refractivity contribution in [1.29, 1.82) is 0 Å². The van der Waals surface area contributed by atoms with Gasteiger partial charge in [-0.2, -0.15) is 0 Å². The number of phenolic OH excluding ortho intramolecular Hbond substituents is 1. The molecule has 22 heavy (non-hydrogen) atoms. The molecule has 1 aliphatic heterocycles. The number of phenols is 1. The summed E-state index contributed by atoms with van der Waals surface area (Å²) in [5, 5.41) is 12.6. The van der Waals surface area contributed by atoms with Crippen LogP contribution >= 0.6 is 0 Å². The second kappa shape index (κ2) is 4.87. The Bertz CT molecular complexity index is 752. The van der Waals surface area contributed by atoms with Crippen molar-refractivity contribution in [3.63, 3.8) is 0 Å². The fourth-order valence-corrected chi connectivity index (χ4v) is 3.18. The van der Waals surface area contributed by atoms with Gasteiger partial charge in [-0.05, 0) is 80.1 Å². The predicted molar refractivity (Wildman–Crippen MR) is 88.5 cm³/mol. The molecule has 2 aromatic carbocycles. The van der Waals surface area contributed by atoms with Crippen LogP contribution in [0.2, 0.25) is 0 Å². The zero-order chi connectivity index (χ0) is 16.1. The van der Waals surface area contributed by atoms with Crippen molar-refractivity contribution in [2.24, 2.45) is 0 Å². The summed E-state index contributed by atoms with van der Waals surface area (Å²) >= 11 is 0. The van der Waals surface area contributed by atoms with E-state index >= 15 is 0 Å². The van der Waals surface area contributed by atoms with Crippen molar-refractivity contribution in [3.8, 4) is 5.75 Å². The summed E-state index contributed by atoms with van der Waals surface area (Å²) in [6.45, 7) is 7.94. The Morgan fingerprint density at radius 1 is 1.09 bits per heavy atom. The fraction of sp³-hybridized carbons (Fsp3) is 0.316. The number of carbonyl (C=O) groups excluding carboxylic acids is 1. The van der Waals surface area contributed by atoms with Crippen molar-refractivity contribution in [1.82, 2.24) is 0 Å². The van der Waals surface area contributed by atoms with Gasteiger partial charge >= 0.3 is 0 Å². The lowest BCUT2D eigenvalue weighted by molar-refractivity contribution is -0.119. The number of hydrogen-bond donors (Lipinski definition) is 2. The number of fused-ring (bicyclic) bond motifs is 1. The summed E-state index contributed by atoms with van der Waals surface area (Å²) < 4.78 is 0. The number of benzene rings is 2. The van der Waals surface area contributed by atoms with E-state index in [0.29, 0.717) is 5.75 Å². The minimum atomic E-state index is -0.482. The molecule has 114 valence electrons. The van der Waals surface area contributed by atoms with Gasteiger partial charge in [0.1, 0.15) is 5.75 Å². The van der Waals surface area contributed by atoms with E-state index in [1.54, 1.807) is 12.1 Å². The molecule has 1 heterocycles. The maximum atomic E-state index is 12.0. The summed E-state index contributed by atoms with van der Waals surface area (Å²) in [6, 6.07) is 9.77. The average Bonchev–Trinajstić information content (AvgIpc) is 2.65. The first-order valence-electron chi connectivity index (χ1n) is 7.53. The van der Waals surface area contributed by atoms with Crippen LogP contribution in [0.4, 0.5) is 5.69 Å². The van der Waals surface area contributed by atoms with Gasteiger partial charge in [0.25, 0.3) is 0 Å². The third-order valence-electron chi connectivity index (χ3n) is 4.63. The zero-order valence-corrected chi connectivity index (χ0v) is 13.4. The van der Waals surface area contributed by atoms with Crippen LogP contribution in [0.1, 0.15) is 41.7 Å². The number of rotatable bonds is 2. The Morgan fingerprint density at radius 3 is 2.36 bits per heavy atom. The lowest BCUT2D eigenvalue weighted by Crippen LogP contribution is -2.26. The van der Waals surface area contributed by atoms with E-state index in [-0.39, 0.29) is 5.91 Å². The van der Waals surface area contributed by atoms with Gasteiger partial charge < -0.3 is 10.4 Å². The van der Waals surface area contributed by atoms with E-state index in [0.717, 1.165) is 28.8 Å². The standard InChI is InChI=1S/C19H21NO2/c1-11-7-14(21)8-12(2)15(11)9-13-5-6-17-16(10-13)19(3,4)18(22)20-17/h5-8,10,21H,9H2,1-4H3,(H,20,22). The van der Waals surface area contributed by atoms with Gasteiger partial charge in [0.05, 0.1) is 5.41 Å². The van der Waals surface area contributed by atoms with Crippen LogP contribution in [0.25, 0.3) is 0 Å². The van der Waals surface area contributed by atoms with Gasteiger partial charge in [-0.15, -0.1) is 0 Å². The lowest BCUT2D eigenvalue weighted by atomic mass is 9.84. The number of aryl methyl sites for hydroxylation is 2. The Hall–Kier alpha value is -2.29. The maximum Gasteiger partial charge on any atom is 0.234 e. The Morgan fingerprint density at radius 2 is 1.73 bits per heavy atom. The third-order valence-corrected chi connectivity index (χ3v) is 4.63. The Kier molecular flexibility index (Phi) is 3.24. The molecule has 0 bridgehead atoms. The number of hydrogen-bond acceptors (Lipinski definition) is 2. The number of aromatic hydroxyl groups is 1. The van der Waals surface area contributed by atoms with Gasteiger partial charge in [-0.25, -0.2) is 0 Å². The summed E-state index contributed by atoms with van der Waals surface area (Å²) in [5.74, 6) is 0.361. The molecule has 3 rings (SSSR count). The maximum absolute atomic E-state index is 12.0. The first-order valence-corrected chi connectivity index (χ1v) is 7.53. The van der Waals surface area contributed by atoms with E-state index < -0.39 is 5.41 Å². The molecule has 0 aromatic heterocycles. The molecule has 0 saturated heterocycles. The number of anilines is 1. The molecule has 2 N–H and O–H groups in total. The molecule has 0 spiro atoms. The van der Waals surface area contributed by atoms with Crippen molar-refractivity contribution in [2.75, 3.05) is 5.32 Å². The predicted octanol–water partition coefficient (Wildman–Crippen LogP) is 3.83. The molecule has 3 nitrogen and oxygen atoms in total. The van der Waals surface area contributed by atoms with Gasteiger partial charge in [0.2, 0.25) is 5.91 Å². The van der Waals surface area contributed by atoms with Crippen LogP contribution in [-0.4, -0.2) is 11.0 Å². The van der Waals surface area contributed by atoms with Crippen LogP contribution in [0.3, 0.4) is 0 Å². The molecule has 0 unspecified atom stereocenters. The minimum absolute atomic E-state index is 0.0524. The highest BCUT2D eigenvalue weighted by Crippen LogP contribution is 2.38. The summed E-state index contributed by atoms with van der Waals surface area (Å²) in [4.78, 5) is 12.0. The summed E-state index contributed by atoms with van der Waals surface area (Å²) in [6.07, 6.45) is 0.801. The smallest absolute Gasteiger partial charge is 0.234 e. The van der Waals surface area contributed by atoms with Crippen molar-refractivity contribution < 1.29 is 9.90 Å². The third kappa shape index (κ3) is 2.27. The lowest BCUT2D eigenvalue weighted by Gasteiger charge is -2.16. The zero-order valence-electron chi connectivity index (χ0n) is 13.4. The van der Waals surface area contributed by atoms with Gasteiger partial charge in [0, 0.05) is 5.69 Å². The van der Waals surface area contributed by atoms with Crippen LogP contribution in [0.15, 0.2) is 30.3 Å². The first-order chi connectivity index (χ1) is 10.3. The molecule has 0 saturated carbocycles. The molecule has 0 aliphatic carbocycles. The molecule has 0 radical (unpaired) electrons. The quantitative estimate of drug-likeness (QED) is 0.884. The van der Waals surface area contributed by atoms with Crippen LogP contribution in [0, 0.1) is 13.8 Å². The second-order valence-corrected chi connectivity index (χ2v) is 6.69. The van der Waals surface area contributed by atoms with Gasteiger partial charge in [-0.1, -0.05) is 12.1 Å². The van der Waals surface area contributed by atoms with Crippen LogP contribution in [-0.2, 0) is 16.6 Å². The highest BCUT2D eigenvalue weighted by Gasteiger charge is 2.38. The molecule has 0 atom stereocenters. The monoisotopic (exact) mass is 295 g/mol. The molecular formula is C19H21NO2. The molecule has 2 aromatic rings. The fourth-order valence-electron chi connectivity index (χ4n) is 3.18. The highest BCUT2D eigenvalue weighted by molar-refractivity contribution is 6.05. The SMILES string of the molecule is Cc1cc(O)cc(C)c1Cc1ccc2c(c1)C(C)(C)C(=O)N2. The minimum Gasteiger partial charge on any atom is -0.508 e. The molecule has 3 heteroatoms. The molecular weight excluding hydrogens is 274 g/mol. The molecule has 0 fully saturated rings. The summed E-state index contributed by atoms with van der Waals surface area (Å²) in [5.41, 5.74) is 6.08. The molecule has 1 amide bonds. The van der Waals surface area contributed by atoms with Crippen molar-refractivity contribution in [3.05, 3.63) is 58.1 Å². The average molecular weight is 295 g/mol. The number of carbonyl (C=O) groups is 1. The van der Waals surface area contributed by atoms with Crippen LogP contribution in [0.5, 0.6) is 5.75 Å². The van der Waals surface area contributed by atoms with E-state index in [1.165, 1.54) is 11.1 Å². The topological polar surface area (TPSA) is 49.3 Å². The van der Waals surface area contributed by atoms with E-state index in [1.807, 2.05) is 33.8 Å². The number of nitrogens with one attached hydrogen (secondary N) is 1. The van der Waals surface area contributed by atoms with E-state index in [4.69, 9.17) is 0 Å². The van der Waals surface area contributed by atoms with Crippen LogP contribution < -0.4 is 5.32 Å². The first kappa shape index (κ1) is 14.6. The van der Waals surface area contributed by atoms with Gasteiger partial charge in [0.15, 0.2) is 0 Å². The second-order valence-electron chi connectivity index (χ2n) is 6.69. The number of amides is 1. The van der Waals surface area contributed by atoms with Crippen molar-refractivity contribution in [2.45, 2.75) is 39.5 Å². The van der Waals surface area contributed by atoms with Gasteiger partial charge in [-0.3, -0.25) is 4.79 Å². The Balaban J connectivity index is 2.00. The van der Waals surface area contributed by atoms with E-state index in [2.05, 4.69) is 17.4 Å². The highest BCUT2D eigenvalue weighted by atomic mass is 16.3.